The van der Waals surface area contributed by atoms with Crippen LogP contribution in [0.2, 0.25) is 0 Å². The average Bonchev–Trinajstić information content (AvgIpc) is 2.81. The van der Waals surface area contributed by atoms with Crippen LogP contribution in [0.1, 0.15) is 26.2 Å². The summed E-state index contributed by atoms with van der Waals surface area (Å²) in [6.45, 7) is 4.00. The van der Waals surface area contributed by atoms with Crippen molar-refractivity contribution < 1.29 is 5.21 Å². The molecular weight excluding hydrogens is 218 g/mol. The molecule has 0 aromatic carbocycles. The zero-order chi connectivity index (χ0) is 12.5. The van der Waals surface area contributed by atoms with E-state index in [9.17, 15) is 0 Å². The third-order valence-electron chi connectivity index (χ3n) is 2.52. The Morgan fingerprint density at radius 3 is 3.06 bits per heavy atom. The van der Waals surface area contributed by atoms with Gasteiger partial charge in [0.05, 0.1) is 6.33 Å². The van der Waals surface area contributed by atoms with E-state index in [1.165, 1.54) is 0 Å². The lowest BCUT2D eigenvalue weighted by Crippen LogP contribution is -2.31. The van der Waals surface area contributed by atoms with Crippen molar-refractivity contribution in [2.75, 3.05) is 6.54 Å². The van der Waals surface area contributed by atoms with Gasteiger partial charge in [0.1, 0.15) is 5.84 Å². The van der Waals surface area contributed by atoms with E-state index in [-0.39, 0.29) is 0 Å². The summed E-state index contributed by atoms with van der Waals surface area (Å²) in [7, 11) is 0. The first-order chi connectivity index (χ1) is 8.22. The molecule has 0 radical (unpaired) electrons. The van der Waals surface area contributed by atoms with Crippen molar-refractivity contribution in [3.05, 3.63) is 18.7 Å². The number of oxime groups is 1. The average molecular weight is 239 g/mol. The lowest BCUT2D eigenvalue weighted by molar-refractivity contribution is 0.316. The van der Waals surface area contributed by atoms with Crippen molar-refractivity contribution >= 4 is 5.84 Å². The summed E-state index contributed by atoms with van der Waals surface area (Å²) in [5.41, 5.74) is 5.37. The fraction of sp³-hybridized carbons (Fsp3) is 0.636. The number of imidazole rings is 1. The van der Waals surface area contributed by atoms with Gasteiger partial charge in [-0.25, -0.2) is 4.98 Å². The summed E-state index contributed by atoms with van der Waals surface area (Å²) in [5, 5.41) is 14.7. The molecule has 0 saturated heterocycles. The van der Waals surface area contributed by atoms with E-state index in [0.717, 1.165) is 25.9 Å². The molecule has 0 aliphatic carbocycles. The van der Waals surface area contributed by atoms with Gasteiger partial charge in [0, 0.05) is 31.4 Å². The molecule has 6 heteroatoms. The van der Waals surface area contributed by atoms with Crippen molar-refractivity contribution in [1.29, 1.82) is 0 Å². The van der Waals surface area contributed by atoms with Gasteiger partial charge in [-0.05, 0) is 26.3 Å². The summed E-state index contributed by atoms with van der Waals surface area (Å²) in [4.78, 5) is 4.00. The van der Waals surface area contributed by atoms with Crippen LogP contribution in [-0.2, 0) is 6.54 Å². The first kappa shape index (κ1) is 13.5. The monoisotopic (exact) mass is 239 g/mol. The number of nitrogens with zero attached hydrogens (tertiary/aromatic N) is 3. The maximum Gasteiger partial charge on any atom is 0.139 e. The van der Waals surface area contributed by atoms with Gasteiger partial charge >= 0.3 is 0 Å². The summed E-state index contributed by atoms with van der Waals surface area (Å²) >= 11 is 0. The number of unbranched alkanes of at least 4 members (excludes halogenated alkanes) is 1. The zero-order valence-electron chi connectivity index (χ0n) is 10.2. The van der Waals surface area contributed by atoms with Crippen LogP contribution in [-0.4, -0.2) is 33.2 Å². The maximum absolute atomic E-state index is 8.36. The first-order valence-corrected chi connectivity index (χ1v) is 5.88. The molecule has 1 heterocycles. The van der Waals surface area contributed by atoms with Gasteiger partial charge in [0.2, 0.25) is 0 Å². The third-order valence-corrected chi connectivity index (χ3v) is 2.52. The van der Waals surface area contributed by atoms with Gasteiger partial charge < -0.3 is 20.8 Å². The van der Waals surface area contributed by atoms with E-state index in [2.05, 4.69) is 22.4 Å². The van der Waals surface area contributed by atoms with Crippen LogP contribution in [0.3, 0.4) is 0 Å². The Labute approximate surface area is 102 Å². The maximum atomic E-state index is 8.36. The van der Waals surface area contributed by atoms with Crippen LogP contribution in [0.25, 0.3) is 0 Å². The highest BCUT2D eigenvalue weighted by atomic mass is 16.4. The van der Waals surface area contributed by atoms with E-state index in [1.54, 1.807) is 6.20 Å². The second kappa shape index (κ2) is 7.67. The predicted molar refractivity (Wildman–Crippen MR) is 67.0 cm³/mol. The molecule has 96 valence electrons. The van der Waals surface area contributed by atoms with Crippen molar-refractivity contribution in [2.24, 2.45) is 10.9 Å². The third kappa shape index (κ3) is 5.91. The lowest BCUT2D eigenvalue weighted by atomic mass is 10.2. The molecule has 0 aliphatic rings. The SMILES string of the molecule is CC(Cn1ccnc1)NCCCCC(N)=NO. The molecule has 0 saturated carbocycles. The Kier molecular flexibility index (Phi) is 6.09. The molecule has 0 bridgehead atoms. The molecule has 1 aromatic rings. The van der Waals surface area contributed by atoms with Crippen LogP contribution < -0.4 is 11.1 Å². The Bertz CT molecular complexity index is 323. The molecule has 1 atom stereocenters. The molecule has 1 unspecified atom stereocenters. The summed E-state index contributed by atoms with van der Waals surface area (Å²) in [6, 6.07) is 0.410. The molecule has 6 nitrogen and oxygen atoms in total. The van der Waals surface area contributed by atoms with E-state index in [4.69, 9.17) is 10.9 Å². The first-order valence-electron chi connectivity index (χ1n) is 5.88. The Morgan fingerprint density at radius 1 is 1.59 bits per heavy atom. The molecule has 1 rings (SSSR count). The number of hydrogen-bond acceptors (Lipinski definition) is 4. The number of amidine groups is 1. The summed E-state index contributed by atoms with van der Waals surface area (Å²) in [6.07, 6.45) is 8.15. The summed E-state index contributed by atoms with van der Waals surface area (Å²) in [5.74, 6) is 0.302. The molecule has 0 aliphatic heterocycles. The Hall–Kier alpha value is -1.56. The highest BCUT2D eigenvalue weighted by Gasteiger charge is 2.01. The molecule has 0 amide bonds. The smallest absolute Gasteiger partial charge is 0.139 e. The fourth-order valence-corrected chi connectivity index (χ4v) is 1.61. The van der Waals surface area contributed by atoms with Gasteiger partial charge in [-0.2, -0.15) is 0 Å². The minimum absolute atomic E-state index is 0.302. The van der Waals surface area contributed by atoms with Crippen LogP contribution in [0.5, 0.6) is 0 Å². The van der Waals surface area contributed by atoms with Gasteiger partial charge in [0.25, 0.3) is 0 Å². The molecule has 1 aromatic heterocycles. The largest absolute Gasteiger partial charge is 0.409 e. The molecule has 17 heavy (non-hydrogen) atoms. The van der Waals surface area contributed by atoms with Crippen molar-refractivity contribution in [2.45, 2.75) is 38.8 Å². The molecule has 0 spiro atoms. The highest BCUT2D eigenvalue weighted by Crippen LogP contribution is 1.96. The van der Waals surface area contributed by atoms with Crippen LogP contribution in [0.4, 0.5) is 0 Å². The van der Waals surface area contributed by atoms with Crippen molar-refractivity contribution in [3.8, 4) is 0 Å². The second-order valence-electron chi connectivity index (χ2n) is 4.16. The van der Waals surface area contributed by atoms with Gasteiger partial charge in [-0.1, -0.05) is 5.16 Å². The molecular formula is C11H21N5O. The minimum Gasteiger partial charge on any atom is -0.409 e. The van der Waals surface area contributed by atoms with E-state index in [0.29, 0.717) is 18.3 Å². The van der Waals surface area contributed by atoms with E-state index in [1.807, 2.05) is 17.1 Å². The van der Waals surface area contributed by atoms with Crippen molar-refractivity contribution in [1.82, 2.24) is 14.9 Å². The fourth-order valence-electron chi connectivity index (χ4n) is 1.61. The van der Waals surface area contributed by atoms with E-state index < -0.39 is 0 Å². The number of hydrogen-bond donors (Lipinski definition) is 3. The number of nitrogens with two attached hydrogens (primary N) is 1. The predicted octanol–water partition coefficient (Wildman–Crippen LogP) is 0.778. The number of rotatable bonds is 8. The number of nitrogens with one attached hydrogen (secondary N) is 1. The van der Waals surface area contributed by atoms with Gasteiger partial charge in [-0.3, -0.25) is 0 Å². The normalized spacial score (nSPS) is 13.8. The molecule has 0 fully saturated rings. The second-order valence-corrected chi connectivity index (χ2v) is 4.16. The Balaban J connectivity index is 2.02. The highest BCUT2D eigenvalue weighted by molar-refractivity contribution is 5.79. The molecule has 4 N–H and O–H groups in total. The van der Waals surface area contributed by atoms with Crippen LogP contribution >= 0.6 is 0 Å². The Morgan fingerprint density at radius 2 is 2.41 bits per heavy atom. The van der Waals surface area contributed by atoms with Crippen molar-refractivity contribution in [3.63, 3.8) is 0 Å². The van der Waals surface area contributed by atoms with Crippen LogP contribution in [0.15, 0.2) is 23.9 Å². The quantitative estimate of drug-likeness (QED) is 0.206. The van der Waals surface area contributed by atoms with Crippen LogP contribution in [0, 0.1) is 0 Å². The minimum atomic E-state index is 0.302. The zero-order valence-corrected chi connectivity index (χ0v) is 10.2. The topological polar surface area (TPSA) is 88.5 Å². The number of aromatic nitrogens is 2. The standard InChI is InChI=1S/C11H21N5O/c1-10(8-16-7-6-13-9-16)14-5-3-2-4-11(12)15-17/h6-7,9-10,14,17H,2-5,8H2,1H3,(H2,12,15). The van der Waals surface area contributed by atoms with Gasteiger partial charge in [-0.15, -0.1) is 0 Å². The van der Waals surface area contributed by atoms with E-state index >= 15 is 0 Å². The van der Waals surface area contributed by atoms with Gasteiger partial charge in [0.15, 0.2) is 0 Å². The summed E-state index contributed by atoms with van der Waals surface area (Å²) < 4.78 is 2.05. The lowest BCUT2D eigenvalue weighted by Gasteiger charge is -2.14.